The Hall–Kier alpha value is -1.31. The zero-order valence-corrected chi connectivity index (χ0v) is 21.9. The third-order valence-corrected chi connectivity index (χ3v) is 7.48. The minimum Gasteiger partial charge on any atom is -0.338 e. The molecule has 0 saturated carbocycles. The summed E-state index contributed by atoms with van der Waals surface area (Å²) >= 11 is 0. The Morgan fingerprint density at radius 1 is 0.636 bits per heavy atom. The summed E-state index contributed by atoms with van der Waals surface area (Å²) in [6, 6.07) is 8.57. The maximum Gasteiger partial charge on any atom is 0.222 e. The van der Waals surface area contributed by atoms with E-state index in [9.17, 15) is 4.79 Å². The van der Waals surface area contributed by atoms with E-state index in [0.717, 1.165) is 32.4 Å². The van der Waals surface area contributed by atoms with Crippen LogP contribution in [0.15, 0.2) is 24.3 Å². The molecule has 0 bridgehead atoms. The van der Waals surface area contributed by atoms with Crippen molar-refractivity contribution in [1.82, 2.24) is 4.90 Å². The average molecular weight is 456 g/mol. The molecule has 1 aliphatic heterocycles. The number of nitrogens with zero attached hydrogens (tertiary/aromatic N) is 1. The van der Waals surface area contributed by atoms with Crippen molar-refractivity contribution >= 4 is 5.91 Å². The number of carbonyl (C=O) groups is 1. The maximum absolute atomic E-state index is 12.5. The van der Waals surface area contributed by atoms with Gasteiger partial charge in [0.05, 0.1) is 0 Å². The number of fused-ring (bicyclic) bond motifs is 1. The lowest BCUT2D eigenvalue weighted by atomic mass is 9.99. The molecular weight excluding hydrogens is 402 g/mol. The monoisotopic (exact) mass is 455 g/mol. The summed E-state index contributed by atoms with van der Waals surface area (Å²) in [4.78, 5) is 14.6. The molecule has 2 nitrogen and oxygen atoms in total. The van der Waals surface area contributed by atoms with E-state index in [1.54, 1.807) is 0 Å². The molecule has 0 fully saturated rings. The second-order valence-electron chi connectivity index (χ2n) is 10.4. The molecule has 2 rings (SSSR count). The SMILES string of the molecule is CCCCCCCCCCCCCCCCCCCCCC(=O)N1CCc2ccccc2C1. The average Bonchev–Trinajstić information content (AvgIpc) is 2.85. The van der Waals surface area contributed by atoms with Gasteiger partial charge in [-0.1, -0.05) is 147 Å². The van der Waals surface area contributed by atoms with E-state index < -0.39 is 0 Å². The fourth-order valence-electron chi connectivity index (χ4n) is 5.22. The molecule has 2 heteroatoms. The molecule has 1 aromatic rings. The van der Waals surface area contributed by atoms with E-state index in [4.69, 9.17) is 0 Å². The number of hydrogen-bond acceptors (Lipinski definition) is 1. The first-order valence-corrected chi connectivity index (χ1v) is 14.7. The van der Waals surface area contributed by atoms with E-state index in [1.807, 2.05) is 0 Å². The van der Waals surface area contributed by atoms with Gasteiger partial charge >= 0.3 is 0 Å². The van der Waals surface area contributed by atoms with Crippen LogP contribution in [0.2, 0.25) is 0 Å². The molecule has 0 radical (unpaired) electrons. The van der Waals surface area contributed by atoms with Crippen LogP contribution >= 0.6 is 0 Å². The van der Waals surface area contributed by atoms with Crippen molar-refractivity contribution in [1.29, 1.82) is 0 Å². The highest BCUT2D eigenvalue weighted by molar-refractivity contribution is 5.76. The standard InChI is InChI=1S/C31H53NO/c1-2-3-4-5-6-7-8-9-10-11-12-13-14-15-16-17-18-19-20-25-31(33)32-27-26-29-23-21-22-24-30(29)28-32/h21-24H,2-20,25-28H2,1H3. The van der Waals surface area contributed by atoms with Gasteiger partial charge in [-0.05, 0) is 24.0 Å². The quantitative estimate of drug-likeness (QED) is 0.179. The highest BCUT2D eigenvalue weighted by atomic mass is 16.2. The summed E-state index contributed by atoms with van der Waals surface area (Å²) in [5.41, 5.74) is 2.76. The zero-order chi connectivity index (χ0) is 23.4. The van der Waals surface area contributed by atoms with Gasteiger partial charge in [-0.2, -0.15) is 0 Å². The van der Waals surface area contributed by atoms with Crippen molar-refractivity contribution in [3.8, 4) is 0 Å². The molecule has 1 aliphatic rings. The van der Waals surface area contributed by atoms with Crippen LogP contribution in [-0.4, -0.2) is 17.4 Å². The highest BCUT2D eigenvalue weighted by Gasteiger charge is 2.19. The second-order valence-corrected chi connectivity index (χ2v) is 10.4. The number of benzene rings is 1. The Kier molecular flexibility index (Phi) is 16.1. The minimum atomic E-state index is 0.358. The summed E-state index contributed by atoms with van der Waals surface area (Å²) in [5, 5.41) is 0. The van der Waals surface area contributed by atoms with E-state index in [2.05, 4.69) is 36.1 Å². The van der Waals surface area contributed by atoms with Gasteiger partial charge in [0.15, 0.2) is 0 Å². The molecule has 0 N–H and O–H groups in total. The van der Waals surface area contributed by atoms with Crippen LogP contribution in [0.4, 0.5) is 0 Å². The first kappa shape index (κ1) is 27.9. The minimum absolute atomic E-state index is 0.358. The van der Waals surface area contributed by atoms with Crippen molar-refractivity contribution < 1.29 is 4.79 Å². The molecule has 0 spiro atoms. The Balaban J connectivity index is 1.29. The number of amides is 1. The Bertz CT molecular complexity index is 611. The van der Waals surface area contributed by atoms with Gasteiger partial charge in [0.25, 0.3) is 0 Å². The van der Waals surface area contributed by atoms with Crippen molar-refractivity contribution in [2.24, 2.45) is 0 Å². The lowest BCUT2D eigenvalue weighted by Gasteiger charge is -2.29. The van der Waals surface area contributed by atoms with Crippen molar-refractivity contribution in [2.75, 3.05) is 6.54 Å². The lowest BCUT2D eigenvalue weighted by Crippen LogP contribution is -2.35. The predicted octanol–water partition coefficient (Wildman–Crippen LogP) is 9.39. The molecule has 0 aromatic heterocycles. The largest absolute Gasteiger partial charge is 0.338 e. The maximum atomic E-state index is 12.5. The van der Waals surface area contributed by atoms with Gasteiger partial charge in [-0.15, -0.1) is 0 Å². The summed E-state index contributed by atoms with van der Waals surface area (Å²) in [7, 11) is 0. The van der Waals surface area contributed by atoms with Gasteiger partial charge in [-0.25, -0.2) is 0 Å². The Labute approximate surface area is 205 Å². The second kappa shape index (κ2) is 19.0. The molecular formula is C31H53NO. The number of unbranched alkanes of at least 4 members (excludes halogenated alkanes) is 18. The van der Waals surface area contributed by atoms with Crippen LogP contribution in [0.1, 0.15) is 146 Å². The van der Waals surface area contributed by atoms with Crippen LogP contribution in [0.5, 0.6) is 0 Å². The van der Waals surface area contributed by atoms with Gasteiger partial charge in [0.1, 0.15) is 0 Å². The molecule has 1 amide bonds. The molecule has 1 heterocycles. The van der Waals surface area contributed by atoms with E-state index in [1.165, 1.54) is 127 Å². The molecule has 188 valence electrons. The smallest absolute Gasteiger partial charge is 0.222 e. The third kappa shape index (κ3) is 13.2. The summed E-state index contributed by atoms with van der Waals surface area (Å²) in [6.07, 6.45) is 28.2. The van der Waals surface area contributed by atoms with Gasteiger partial charge in [0, 0.05) is 19.5 Å². The first-order valence-electron chi connectivity index (χ1n) is 14.7. The topological polar surface area (TPSA) is 20.3 Å². The van der Waals surface area contributed by atoms with E-state index >= 15 is 0 Å². The van der Waals surface area contributed by atoms with Gasteiger partial charge in [-0.3, -0.25) is 4.79 Å². The summed E-state index contributed by atoms with van der Waals surface area (Å²) in [5.74, 6) is 0.358. The summed E-state index contributed by atoms with van der Waals surface area (Å²) in [6.45, 7) is 4.01. The van der Waals surface area contributed by atoms with Gasteiger partial charge in [0.2, 0.25) is 5.91 Å². The summed E-state index contributed by atoms with van der Waals surface area (Å²) < 4.78 is 0. The van der Waals surface area contributed by atoms with Crippen LogP contribution < -0.4 is 0 Å². The molecule has 1 aromatic carbocycles. The van der Waals surface area contributed by atoms with Crippen LogP contribution in [0, 0.1) is 0 Å². The first-order chi connectivity index (χ1) is 16.3. The molecule has 33 heavy (non-hydrogen) atoms. The number of hydrogen-bond donors (Lipinski definition) is 0. The molecule has 0 saturated heterocycles. The fourth-order valence-corrected chi connectivity index (χ4v) is 5.22. The molecule has 0 aliphatic carbocycles. The lowest BCUT2D eigenvalue weighted by molar-refractivity contribution is -0.132. The Morgan fingerprint density at radius 3 is 1.55 bits per heavy atom. The molecule has 0 atom stereocenters. The van der Waals surface area contributed by atoms with E-state index in [0.29, 0.717) is 5.91 Å². The number of carbonyl (C=O) groups excluding carboxylic acids is 1. The van der Waals surface area contributed by atoms with Gasteiger partial charge < -0.3 is 4.90 Å². The number of rotatable bonds is 20. The van der Waals surface area contributed by atoms with E-state index in [-0.39, 0.29) is 0 Å². The van der Waals surface area contributed by atoms with Crippen molar-refractivity contribution in [2.45, 2.75) is 148 Å². The third-order valence-electron chi connectivity index (χ3n) is 7.48. The fraction of sp³-hybridized carbons (Fsp3) is 0.774. The molecule has 0 unspecified atom stereocenters. The van der Waals surface area contributed by atoms with Crippen molar-refractivity contribution in [3.63, 3.8) is 0 Å². The van der Waals surface area contributed by atoms with Crippen LogP contribution in [0.25, 0.3) is 0 Å². The van der Waals surface area contributed by atoms with Crippen LogP contribution in [-0.2, 0) is 17.8 Å². The van der Waals surface area contributed by atoms with Crippen molar-refractivity contribution in [3.05, 3.63) is 35.4 Å². The zero-order valence-electron chi connectivity index (χ0n) is 21.9. The normalized spacial score (nSPS) is 13.3. The highest BCUT2D eigenvalue weighted by Crippen LogP contribution is 2.20. The predicted molar refractivity (Wildman–Crippen MR) is 144 cm³/mol. The van der Waals surface area contributed by atoms with Crippen LogP contribution in [0.3, 0.4) is 0 Å². The Morgan fingerprint density at radius 2 is 1.06 bits per heavy atom.